The monoisotopic (exact) mass is 498 g/mol. The molecule has 3 aromatic rings. The number of imidazole rings is 1. The van der Waals surface area contributed by atoms with Crippen molar-refractivity contribution in [1.82, 2.24) is 15.5 Å². The minimum atomic E-state index is -4.63. The lowest BCUT2D eigenvalue weighted by atomic mass is 9.97. The third-order valence-corrected chi connectivity index (χ3v) is 6.34. The lowest BCUT2D eigenvalue weighted by Crippen LogP contribution is -2.29. The van der Waals surface area contributed by atoms with E-state index >= 15 is 0 Å². The highest BCUT2D eigenvalue weighted by molar-refractivity contribution is 7.92. The molecule has 3 rings (SSSR count). The van der Waals surface area contributed by atoms with Crippen molar-refractivity contribution in [3.63, 3.8) is 0 Å². The Hall–Kier alpha value is -3.28. The third-order valence-electron chi connectivity index (χ3n) is 4.26. The van der Waals surface area contributed by atoms with Crippen molar-refractivity contribution in [1.29, 1.82) is 0 Å². The zero-order valence-electron chi connectivity index (χ0n) is 17.6. The van der Waals surface area contributed by atoms with Gasteiger partial charge in [-0.1, -0.05) is 25.1 Å². The maximum absolute atomic E-state index is 12.3. The largest absolute Gasteiger partial charge is 0.382 e. The first-order valence-electron chi connectivity index (χ1n) is 9.33. The predicted octanol–water partition coefficient (Wildman–Crippen LogP) is -1.45. The van der Waals surface area contributed by atoms with Gasteiger partial charge >= 0.3 is 0 Å². The fraction of sp³-hybridized carbons (Fsp3) is 0.176. The number of anilines is 1. The number of hydrogen-bond acceptors (Lipinski definition) is 10. The van der Waals surface area contributed by atoms with Crippen molar-refractivity contribution in [2.45, 2.75) is 23.1 Å². The van der Waals surface area contributed by atoms with Crippen LogP contribution in [0.2, 0.25) is 0 Å². The number of aromatic nitrogens is 2. The number of amidine groups is 1. The Labute approximate surface area is 190 Å². The smallest absolute Gasteiger partial charge is 0.240 e. The highest BCUT2D eigenvalue weighted by Crippen LogP contribution is 2.35. The molecule has 0 amide bonds. The fourth-order valence-electron chi connectivity index (χ4n) is 2.94. The van der Waals surface area contributed by atoms with E-state index in [1.54, 1.807) is 18.2 Å². The topological polar surface area (TPSA) is 277 Å². The maximum atomic E-state index is 12.3. The van der Waals surface area contributed by atoms with Gasteiger partial charge in [-0.25, -0.2) is 43.5 Å². The summed E-state index contributed by atoms with van der Waals surface area (Å²) in [7, 11) is -9.12. The van der Waals surface area contributed by atoms with Crippen molar-refractivity contribution < 1.29 is 16.8 Å². The van der Waals surface area contributed by atoms with Crippen molar-refractivity contribution in [3.8, 4) is 11.1 Å². The summed E-state index contributed by atoms with van der Waals surface area (Å²) in [4.78, 5) is 5.44. The summed E-state index contributed by atoms with van der Waals surface area (Å²) in [6.07, 6.45) is 1.10. The minimum absolute atomic E-state index is 0.118. The van der Waals surface area contributed by atoms with Crippen LogP contribution in [0.15, 0.2) is 45.2 Å². The summed E-state index contributed by atoms with van der Waals surface area (Å²) in [6.45, 7) is 2.88. The van der Waals surface area contributed by atoms with Crippen LogP contribution in [0.25, 0.3) is 22.2 Å². The SMILES string of the molecule is CCCN.NN/N=C(\N)c1c(-c2cccc3[nH]c(N)nc23)ccc(S(N)(=O)=O)c1S(N)(=O)=O. The minimum Gasteiger partial charge on any atom is -0.382 e. The number of H-pyrrole nitrogens is 1. The molecule has 0 bridgehead atoms. The van der Waals surface area contributed by atoms with Crippen LogP contribution < -0.4 is 38.9 Å². The number of nitrogens with two attached hydrogens (primary N) is 6. The number of hydrazone groups is 1. The molecule has 14 N–H and O–H groups in total. The van der Waals surface area contributed by atoms with E-state index in [0.717, 1.165) is 19.0 Å². The standard InChI is InChI=1S/C14H17N9O4S2.C3H9N/c15-13(22-23-17)10-6(7-2-1-3-8-11(7)21-14(16)20-8)4-5-9(28(18,24)25)12(10)29(19,26)27;1-2-3-4/h1-5,23H,17H2,(H2,15,22)(H3,16,20,21)(H2,18,24,25)(H2,19,26,27);2-4H2,1H3. The van der Waals surface area contributed by atoms with Gasteiger partial charge in [-0.05, 0) is 30.7 Å². The van der Waals surface area contributed by atoms with Gasteiger partial charge in [-0.2, -0.15) is 0 Å². The molecule has 2 aromatic carbocycles. The van der Waals surface area contributed by atoms with E-state index in [2.05, 4.69) is 22.0 Å². The molecular weight excluding hydrogens is 472 g/mol. The highest BCUT2D eigenvalue weighted by Gasteiger charge is 2.30. The number of nitrogens with one attached hydrogen (secondary N) is 2. The molecule has 1 heterocycles. The van der Waals surface area contributed by atoms with Crippen molar-refractivity contribution in [2.75, 3.05) is 12.3 Å². The van der Waals surface area contributed by atoms with E-state index in [4.69, 9.17) is 33.3 Å². The summed E-state index contributed by atoms with van der Waals surface area (Å²) in [5.41, 5.74) is 19.7. The summed E-state index contributed by atoms with van der Waals surface area (Å²) >= 11 is 0. The molecule has 14 nitrogen and oxygen atoms in total. The highest BCUT2D eigenvalue weighted by atomic mass is 32.2. The van der Waals surface area contributed by atoms with Gasteiger partial charge in [0.05, 0.1) is 11.0 Å². The van der Waals surface area contributed by atoms with Crippen molar-refractivity contribution >= 4 is 42.9 Å². The molecule has 16 heteroatoms. The number of sulfonamides is 2. The second kappa shape index (κ2) is 10.1. The Morgan fingerprint density at radius 2 is 1.73 bits per heavy atom. The molecule has 0 saturated heterocycles. The average Bonchev–Trinajstić information content (AvgIpc) is 3.12. The molecule has 1 aromatic heterocycles. The van der Waals surface area contributed by atoms with Crippen molar-refractivity contribution in [3.05, 3.63) is 35.9 Å². The number of hydrogen-bond donors (Lipinski definition) is 8. The Morgan fingerprint density at radius 3 is 2.24 bits per heavy atom. The molecule has 0 atom stereocenters. The van der Waals surface area contributed by atoms with Gasteiger partial charge < -0.3 is 22.2 Å². The number of rotatable bonds is 6. The van der Waals surface area contributed by atoms with Gasteiger partial charge in [0.1, 0.15) is 9.79 Å². The molecule has 0 fully saturated rings. The second-order valence-corrected chi connectivity index (χ2v) is 9.67. The van der Waals surface area contributed by atoms with E-state index in [1.807, 2.05) is 5.53 Å². The van der Waals surface area contributed by atoms with Crippen LogP contribution in [0, 0.1) is 0 Å². The zero-order valence-corrected chi connectivity index (χ0v) is 19.2. The lowest BCUT2D eigenvalue weighted by molar-refractivity contribution is 0.584. The number of aromatic amines is 1. The first-order valence-corrected chi connectivity index (χ1v) is 12.4. The number of nitrogen functional groups attached to an aromatic ring is 1. The molecule has 0 aliphatic carbocycles. The first-order chi connectivity index (χ1) is 15.4. The van der Waals surface area contributed by atoms with Gasteiger partial charge in [-0.15, -0.1) is 5.10 Å². The van der Waals surface area contributed by atoms with E-state index < -0.39 is 35.7 Å². The number of para-hydroxylation sites is 1. The zero-order chi connectivity index (χ0) is 25.0. The van der Waals surface area contributed by atoms with Crippen molar-refractivity contribution in [2.24, 2.45) is 32.7 Å². The van der Waals surface area contributed by atoms with Gasteiger partial charge in [0.15, 0.2) is 11.8 Å². The van der Waals surface area contributed by atoms with Crippen LogP contribution in [-0.2, 0) is 20.0 Å². The molecule has 180 valence electrons. The van der Waals surface area contributed by atoms with E-state index in [1.165, 1.54) is 6.07 Å². The molecule has 0 saturated carbocycles. The third kappa shape index (κ3) is 5.75. The molecule has 0 aliphatic heterocycles. The Kier molecular flexibility index (Phi) is 7.96. The van der Waals surface area contributed by atoms with Gasteiger partial charge in [0, 0.05) is 11.1 Å². The normalized spacial score (nSPS) is 12.3. The van der Waals surface area contributed by atoms with Crippen LogP contribution in [-0.4, -0.2) is 39.2 Å². The molecule has 33 heavy (non-hydrogen) atoms. The van der Waals surface area contributed by atoms with Crippen LogP contribution in [0.3, 0.4) is 0 Å². The van der Waals surface area contributed by atoms with E-state index in [9.17, 15) is 16.8 Å². The summed E-state index contributed by atoms with van der Waals surface area (Å²) in [5.74, 6) is 4.83. The molecule has 0 unspecified atom stereocenters. The summed E-state index contributed by atoms with van der Waals surface area (Å²) in [5, 5.41) is 14.1. The summed E-state index contributed by atoms with van der Waals surface area (Å²) < 4.78 is 48.7. The molecular formula is C17H26N10O4S2. The lowest BCUT2D eigenvalue weighted by Gasteiger charge is -2.16. The molecule has 0 radical (unpaired) electrons. The molecule has 0 aliphatic rings. The number of benzene rings is 2. The fourth-order valence-corrected chi connectivity index (χ4v) is 5.11. The van der Waals surface area contributed by atoms with Gasteiger partial charge in [0.2, 0.25) is 20.0 Å². The summed E-state index contributed by atoms with van der Waals surface area (Å²) in [6, 6.07) is 7.26. The number of hydrazine groups is 1. The van der Waals surface area contributed by atoms with E-state index in [-0.39, 0.29) is 17.1 Å². The number of nitrogens with zero attached hydrogens (tertiary/aromatic N) is 2. The van der Waals surface area contributed by atoms with E-state index in [0.29, 0.717) is 16.6 Å². The van der Waals surface area contributed by atoms with Crippen LogP contribution >= 0.6 is 0 Å². The Morgan fingerprint density at radius 1 is 1.09 bits per heavy atom. The van der Waals surface area contributed by atoms with Crippen LogP contribution in [0.4, 0.5) is 5.95 Å². The maximum Gasteiger partial charge on any atom is 0.240 e. The quantitative estimate of drug-likeness (QED) is 0.0846. The first kappa shape index (κ1) is 26.0. The van der Waals surface area contributed by atoms with Crippen LogP contribution in [0.5, 0.6) is 0 Å². The Balaban J connectivity index is 0.000000890. The van der Waals surface area contributed by atoms with Crippen LogP contribution in [0.1, 0.15) is 18.9 Å². The number of fused-ring (bicyclic) bond motifs is 1. The molecule has 0 spiro atoms. The average molecular weight is 499 g/mol. The van der Waals surface area contributed by atoms with Gasteiger partial charge in [-0.3, -0.25) is 0 Å². The van der Waals surface area contributed by atoms with Gasteiger partial charge in [0.25, 0.3) is 0 Å². The predicted molar refractivity (Wildman–Crippen MR) is 126 cm³/mol. The number of primary sulfonamides is 2. The second-order valence-electron chi connectivity index (χ2n) is 6.64. The Bertz CT molecular complexity index is 1400.